The van der Waals surface area contributed by atoms with E-state index < -0.39 is 5.97 Å². The monoisotopic (exact) mass is 445 g/mol. The molecule has 0 saturated carbocycles. The van der Waals surface area contributed by atoms with Gasteiger partial charge in [0.1, 0.15) is 0 Å². The molecule has 0 spiro atoms. The normalized spacial score (nSPS) is 16.3. The van der Waals surface area contributed by atoms with Gasteiger partial charge in [-0.05, 0) is 55.1 Å². The number of fused-ring (bicyclic) bond motifs is 1. The van der Waals surface area contributed by atoms with E-state index in [9.17, 15) is 9.59 Å². The fourth-order valence-corrected chi connectivity index (χ4v) is 4.65. The van der Waals surface area contributed by atoms with Gasteiger partial charge >= 0.3 is 5.97 Å². The second kappa shape index (κ2) is 9.28. The van der Waals surface area contributed by atoms with Crippen LogP contribution in [0.4, 0.5) is 5.69 Å². The number of aliphatic imine (C=N–C) groups is 1. The van der Waals surface area contributed by atoms with Gasteiger partial charge in [-0.15, -0.1) is 6.58 Å². The van der Waals surface area contributed by atoms with Crippen LogP contribution in [0.15, 0.2) is 77.3 Å². The number of allylic oxidation sites excluding steroid dienone is 1. The van der Waals surface area contributed by atoms with E-state index in [2.05, 4.69) is 28.3 Å². The Labute approximate surface area is 190 Å². The second-order valence-corrected chi connectivity index (χ2v) is 8.14. The molecule has 1 aromatic heterocycles. The average Bonchev–Trinajstić information content (AvgIpc) is 3.31. The van der Waals surface area contributed by atoms with Crippen molar-refractivity contribution in [3.63, 3.8) is 0 Å². The number of ether oxygens (including phenoxy) is 1. The second-order valence-electron chi connectivity index (χ2n) is 7.14. The zero-order valence-corrected chi connectivity index (χ0v) is 18.8. The van der Waals surface area contributed by atoms with Gasteiger partial charge in [0.2, 0.25) is 0 Å². The average molecular weight is 446 g/mol. The number of rotatable bonds is 6. The van der Waals surface area contributed by atoms with Crippen LogP contribution in [-0.4, -0.2) is 40.2 Å². The van der Waals surface area contributed by atoms with Gasteiger partial charge < -0.3 is 9.30 Å². The van der Waals surface area contributed by atoms with Gasteiger partial charge in [-0.2, -0.15) is 0 Å². The van der Waals surface area contributed by atoms with Crippen LogP contribution in [0.25, 0.3) is 17.0 Å². The zero-order valence-electron chi connectivity index (χ0n) is 17.9. The van der Waals surface area contributed by atoms with Crippen LogP contribution in [0, 0.1) is 0 Å². The summed E-state index contributed by atoms with van der Waals surface area (Å²) < 4.78 is 6.85. The van der Waals surface area contributed by atoms with Crippen molar-refractivity contribution in [3.05, 3.63) is 83.4 Å². The minimum atomic E-state index is -0.398. The van der Waals surface area contributed by atoms with Gasteiger partial charge in [-0.25, -0.2) is 9.79 Å². The van der Waals surface area contributed by atoms with Crippen molar-refractivity contribution in [3.8, 4) is 0 Å². The number of amidine groups is 1. The summed E-state index contributed by atoms with van der Waals surface area (Å²) in [6.45, 7) is 6.97. The molecule has 32 heavy (non-hydrogen) atoms. The Morgan fingerprint density at radius 3 is 2.62 bits per heavy atom. The van der Waals surface area contributed by atoms with Gasteiger partial charge in [0.05, 0.1) is 23.3 Å². The molecule has 7 heteroatoms. The first-order valence-electron chi connectivity index (χ1n) is 10.2. The molecule has 2 aromatic carbocycles. The van der Waals surface area contributed by atoms with Gasteiger partial charge in [-0.3, -0.25) is 9.69 Å². The molecule has 0 unspecified atom stereocenters. The number of thioether (sulfide) groups is 1. The number of carbonyl (C=O) groups excluding carboxylic acids is 2. The Morgan fingerprint density at radius 1 is 1.19 bits per heavy atom. The minimum absolute atomic E-state index is 0.0667. The standard InChI is InChI=1S/C25H23N3O3S/c1-4-14-27-16-18(20-8-6-7-9-21(20)27)15-22-23(29)28(5-2)25(32-22)26-19-12-10-17(11-13-19)24(30)31-3/h4,6-13,15-16H,1,5,14H2,2-3H3. The molecular formula is C25H23N3O3S. The minimum Gasteiger partial charge on any atom is -0.465 e. The number of para-hydroxylation sites is 1. The quantitative estimate of drug-likeness (QED) is 0.296. The molecule has 1 amide bonds. The fraction of sp³-hybridized carbons (Fsp3) is 0.160. The highest BCUT2D eigenvalue weighted by Crippen LogP contribution is 2.35. The molecule has 0 radical (unpaired) electrons. The number of nitrogens with zero attached hydrogens (tertiary/aromatic N) is 3. The summed E-state index contributed by atoms with van der Waals surface area (Å²) in [7, 11) is 1.35. The number of carbonyl (C=O) groups is 2. The van der Waals surface area contributed by atoms with Crippen LogP contribution < -0.4 is 0 Å². The Morgan fingerprint density at radius 2 is 1.94 bits per heavy atom. The van der Waals surface area contributed by atoms with E-state index in [1.165, 1.54) is 18.9 Å². The van der Waals surface area contributed by atoms with Crippen molar-refractivity contribution in [1.29, 1.82) is 0 Å². The summed E-state index contributed by atoms with van der Waals surface area (Å²) in [4.78, 5) is 31.6. The molecular weight excluding hydrogens is 422 g/mol. The predicted molar refractivity (Wildman–Crippen MR) is 130 cm³/mol. The third-order valence-electron chi connectivity index (χ3n) is 5.15. The molecule has 1 aliphatic rings. The maximum Gasteiger partial charge on any atom is 0.337 e. The van der Waals surface area contributed by atoms with Crippen molar-refractivity contribution in [2.24, 2.45) is 4.99 Å². The van der Waals surface area contributed by atoms with Crippen molar-refractivity contribution < 1.29 is 14.3 Å². The maximum atomic E-state index is 13.1. The number of aromatic nitrogens is 1. The lowest BCUT2D eigenvalue weighted by molar-refractivity contribution is -0.122. The molecule has 0 aliphatic carbocycles. The van der Waals surface area contributed by atoms with E-state index in [0.29, 0.717) is 34.4 Å². The Balaban J connectivity index is 1.68. The summed E-state index contributed by atoms with van der Waals surface area (Å²) in [5.41, 5.74) is 3.20. The van der Waals surface area contributed by atoms with Gasteiger partial charge in [0.25, 0.3) is 5.91 Å². The Hall–Kier alpha value is -3.58. The largest absolute Gasteiger partial charge is 0.465 e. The lowest BCUT2D eigenvalue weighted by Crippen LogP contribution is -2.28. The number of amides is 1. The number of hydrogen-bond acceptors (Lipinski definition) is 5. The molecule has 2 heterocycles. The molecule has 0 bridgehead atoms. The topological polar surface area (TPSA) is 63.9 Å². The molecule has 162 valence electrons. The number of esters is 1. The van der Waals surface area contributed by atoms with Gasteiger partial charge in [0, 0.05) is 35.8 Å². The van der Waals surface area contributed by atoms with E-state index in [0.717, 1.165) is 16.5 Å². The van der Waals surface area contributed by atoms with Crippen molar-refractivity contribution in [2.45, 2.75) is 13.5 Å². The number of hydrogen-bond donors (Lipinski definition) is 0. The highest BCUT2D eigenvalue weighted by Gasteiger charge is 2.32. The highest BCUT2D eigenvalue weighted by atomic mass is 32.2. The van der Waals surface area contributed by atoms with E-state index >= 15 is 0 Å². The number of benzene rings is 2. The van der Waals surface area contributed by atoms with Crippen LogP contribution in [0.1, 0.15) is 22.8 Å². The SMILES string of the molecule is C=CCn1cc(C=C2SC(=Nc3ccc(C(=O)OC)cc3)N(CC)C2=O)c2ccccc21. The van der Waals surface area contributed by atoms with E-state index in [1.807, 2.05) is 37.4 Å². The van der Waals surface area contributed by atoms with E-state index in [4.69, 9.17) is 4.74 Å². The molecule has 0 N–H and O–H groups in total. The molecule has 1 fully saturated rings. The van der Waals surface area contributed by atoms with Crippen LogP contribution in [0.3, 0.4) is 0 Å². The third-order valence-corrected chi connectivity index (χ3v) is 6.16. The Bertz CT molecular complexity index is 1260. The number of likely N-dealkylation sites (N-methyl/N-ethyl adjacent to an activating group) is 1. The van der Waals surface area contributed by atoms with Crippen LogP contribution in [0.5, 0.6) is 0 Å². The summed E-state index contributed by atoms with van der Waals surface area (Å²) in [5, 5.41) is 1.70. The lowest BCUT2D eigenvalue weighted by atomic mass is 10.1. The van der Waals surface area contributed by atoms with Crippen LogP contribution in [0.2, 0.25) is 0 Å². The summed E-state index contributed by atoms with van der Waals surface area (Å²) in [5.74, 6) is -0.464. The number of methoxy groups -OCH3 is 1. The van der Waals surface area contributed by atoms with Crippen molar-refractivity contribution >= 4 is 51.5 Å². The van der Waals surface area contributed by atoms with Gasteiger partial charge in [0.15, 0.2) is 5.17 Å². The highest BCUT2D eigenvalue weighted by molar-refractivity contribution is 8.18. The first-order valence-corrected chi connectivity index (χ1v) is 11.0. The van der Waals surface area contributed by atoms with Crippen LogP contribution >= 0.6 is 11.8 Å². The zero-order chi connectivity index (χ0) is 22.7. The molecule has 0 atom stereocenters. The van der Waals surface area contributed by atoms with E-state index in [1.54, 1.807) is 29.2 Å². The summed E-state index contributed by atoms with van der Waals surface area (Å²) >= 11 is 1.35. The Kier molecular flexibility index (Phi) is 6.28. The summed E-state index contributed by atoms with van der Waals surface area (Å²) in [6.07, 6.45) is 5.83. The molecule has 6 nitrogen and oxygen atoms in total. The van der Waals surface area contributed by atoms with Crippen molar-refractivity contribution in [1.82, 2.24) is 9.47 Å². The van der Waals surface area contributed by atoms with Gasteiger partial charge in [-0.1, -0.05) is 24.3 Å². The maximum absolute atomic E-state index is 13.1. The summed E-state index contributed by atoms with van der Waals surface area (Å²) in [6, 6.07) is 14.9. The molecule has 4 rings (SSSR count). The first-order chi connectivity index (χ1) is 15.5. The molecule has 1 saturated heterocycles. The first kappa shape index (κ1) is 21.6. The third kappa shape index (κ3) is 4.11. The smallest absolute Gasteiger partial charge is 0.337 e. The van der Waals surface area contributed by atoms with E-state index in [-0.39, 0.29) is 5.91 Å². The molecule has 1 aliphatic heterocycles. The molecule has 3 aromatic rings. The van der Waals surface area contributed by atoms with Crippen LogP contribution in [-0.2, 0) is 16.1 Å². The predicted octanol–water partition coefficient (Wildman–Crippen LogP) is 5.24. The van der Waals surface area contributed by atoms with Crippen molar-refractivity contribution in [2.75, 3.05) is 13.7 Å². The lowest BCUT2D eigenvalue weighted by Gasteiger charge is -2.12. The fourth-order valence-electron chi connectivity index (χ4n) is 3.59.